The molecule has 25 heavy (non-hydrogen) atoms. The molecule has 4 nitrogen and oxygen atoms in total. The van der Waals surface area contributed by atoms with E-state index >= 15 is 0 Å². The van der Waals surface area contributed by atoms with Gasteiger partial charge in [0.05, 0.1) is 12.1 Å². The van der Waals surface area contributed by atoms with Crippen molar-refractivity contribution in [2.75, 3.05) is 0 Å². The van der Waals surface area contributed by atoms with Crippen LogP contribution in [0.3, 0.4) is 0 Å². The van der Waals surface area contributed by atoms with E-state index in [0.717, 1.165) is 24.1 Å². The first-order chi connectivity index (χ1) is 11.6. The molecule has 1 unspecified atom stereocenters. The molecule has 1 aliphatic carbocycles. The van der Waals surface area contributed by atoms with Crippen molar-refractivity contribution >= 4 is 6.08 Å². The molecule has 0 saturated heterocycles. The molecule has 0 bridgehead atoms. The van der Waals surface area contributed by atoms with Gasteiger partial charge in [-0.05, 0) is 41.5 Å². The molecule has 2 aromatic rings. The summed E-state index contributed by atoms with van der Waals surface area (Å²) in [5.41, 5.74) is -0.759. The van der Waals surface area contributed by atoms with Gasteiger partial charge in [-0.25, -0.2) is 9.67 Å². The normalized spacial score (nSPS) is 24.8. The summed E-state index contributed by atoms with van der Waals surface area (Å²) in [5, 5.41) is 15.4. The summed E-state index contributed by atoms with van der Waals surface area (Å²) in [6.45, 7) is 4.22. The summed E-state index contributed by atoms with van der Waals surface area (Å²) in [4.78, 5) is 3.90. The third-order valence-corrected chi connectivity index (χ3v) is 5.11. The average molecular weight is 351 g/mol. The minimum atomic E-state index is -4.35. The van der Waals surface area contributed by atoms with Crippen LogP contribution in [0.4, 0.5) is 13.2 Å². The number of nitrogens with zero attached hydrogens (tertiary/aromatic N) is 3. The van der Waals surface area contributed by atoms with Crippen LogP contribution < -0.4 is 0 Å². The Morgan fingerprint density at radius 1 is 1.24 bits per heavy atom. The topological polar surface area (TPSA) is 50.9 Å². The van der Waals surface area contributed by atoms with Crippen LogP contribution in [-0.4, -0.2) is 25.5 Å². The standard InChI is InChI=1S/C18H20F3N3O/c1-16(2)8-7-15(17(16,25)10-24-12-22-11-23-24)9-13-3-5-14(6-4-13)18(19,20)21/h3-6,9,11-12,25H,7-8,10H2,1-2H3. The van der Waals surface area contributed by atoms with Crippen molar-refractivity contribution in [1.29, 1.82) is 0 Å². The van der Waals surface area contributed by atoms with Gasteiger partial charge in [-0.2, -0.15) is 18.3 Å². The number of benzene rings is 1. The first kappa shape index (κ1) is 17.7. The zero-order valence-corrected chi connectivity index (χ0v) is 14.1. The van der Waals surface area contributed by atoms with Crippen LogP contribution in [0, 0.1) is 5.41 Å². The lowest BCUT2D eigenvalue weighted by Gasteiger charge is -2.37. The molecule has 1 aliphatic rings. The molecule has 0 radical (unpaired) electrons. The van der Waals surface area contributed by atoms with Crippen LogP contribution in [0.1, 0.15) is 37.8 Å². The molecule has 1 aromatic heterocycles. The summed E-state index contributed by atoms with van der Waals surface area (Å²) in [7, 11) is 0. The largest absolute Gasteiger partial charge is 0.416 e. The number of aromatic nitrogens is 3. The number of aliphatic hydroxyl groups is 1. The number of hydrogen-bond acceptors (Lipinski definition) is 3. The summed E-state index contributed by atoms with van der Waals surface area (Å²) in [6, 6.07) is 4.97. The molecule has 0 aliphatic heterocycles. The molecular weight excluding hydrogens is 331 g/mol. The van der Waals surface area contributed by atoms with Crippen LogP contribution in [0.2, 0.25) is 0 Å². The molecule has 1 N–H and O–H groups in total. The van der Waals surface area contributed by atoms with E-state index in [1.54, 1.807) is 17.1 Å². The molecule has 1 saturated carbocycles. The zero-order valence-electron chi connectivity index (χ0n) is 14.1. The van der Waals surface area contributed by atoms with E-state index in [4.69, 9.17) is 0 Å². The Morgan fingerprint density at radius 2 is 1.92 bits per heavy atom. The first-order valence-electron chi connectivity index (χ1n) is 8.05. The van der Waals surface area contributed by atoms with Gasteiger partial charge in [-0.1, -0.05) is 32.1 Å². The Labute approximate surface area is 144 Å². The molecular formula is C18H20F3N3O. The highest BCUT2D eigenvalue weighted by atomic mass is 19.4. The van der Waals surface area contributed by atoms with E-state index < -0.39 is 17.3 Å². The molecule has 1 heterocycles. The third kappa shape index (κ3) is 3.33. The fourth-order valence-corrected chi connectivity index (χ4v) is 3.32. The highest BCUT2D eigenvalue weighted by Crippen LogP contribution is 2.50. The first-order valence-corrected chi connectivity index (χ1v) is 8.05. The summed E-state index contributed by atoms with van der Waals surface area (Å²) >= 11 is 0. The van der Waals surface area contributed by atoms with Gasteiger partial charge in [0.25, 0.3) is 0 Å². The van der Waals surface area contributed by atoms with Gasteiger partial charge in [-0.3, -0.25) is 0 Å². The molecule has 134 valence electrons. The Bertz CT molecular complexity index is 764. The number of alkyl halides is 3. The van der Waals surface area contributed by atoms with Gasteiger partial charge >= 0.3 is 6.18 Å². The maximum Gasteiger partial charge on any atom is 0.416 e. The van der Waals surface area contributed by atoms with E-state index in [1.165, 1.54) is 18.5 Å². The maximum atomic E-state index is 12.7. The minimum Gasteiger partial charge on any atom is -0.383 e. The lowest BCUT2D eigenvalue weighted by Crippen LogP contribution is -2.45. The van der Waals surface area contributed by atoms with Gasteiger partial charge in [0.15, 0.2) is 0 Å². The third-order valence-electron chi connectivity index (χ3n) is 5.11. The van der Waals surface area contributed by atoms with E-state index in [2.05, 4.69) is 10.1 Å². The van der Waals surface area contributed by atoms with Crippen LogP contribution in [0.25, 0.3) is 6.08 Å². The van der Waals surface area contributed by atoms with Crippen LogP contribution >= 0.6 is 0 Å². The highest BCUT2D eigenvalue weighted by molar-refractivity contribution is 5.57. The summed E-state index contributed by atoms with van der Waals surface area (Å²) < 4.78 is 39.6. The van der Waals surface area contributed by atoms with Crippen molar-refractivity contribution < 1.29 is 18.3 Å². The molecule has 7 heteroatoms. The summed E-state index contributed by atoms with van der Waals surface area (Å²) in [6.07, 6.45) is 1.84. The van der Waals surface area contributed by atoms with E-state index in [-0.39, 0.29) is 12.0 Å². The fourth-order valence-electron chi connectivity index (χ4n) is 3.32. The van der Waals surface area contributed by atoms with Crippen LogP contribution in [0.5, 0.6) is 0 Å². The predicted molar refractivity (Wildman–Crippen MR) is 87.4 cm³/mol. The Hall–Kier alpha value is -2.15. The smallest absolute Gasteiger partial charge is 0.383 e. The average Bonchev–Trinajstić information content (AvgIpc) is 3.10. The number of halogens is 3. The van der Waals surface area contributed by atoms with Crippen molar-refractivity contribution in [3.8, 4) is 0 Å². The van der Waals surface area contributed by atoms with Crippen molar-refractivity contribution in [2.45, 2.75) is 45.0 Å². The molecule has 0 amide bonds. The van der Waals surface area contributed by atoms with Crippen LogP contribution in [-0.2, 0) is 12.7 Å². The fraction of sp³-hybridized carbons (Fsp3) is 0.444. The Balaban J connectivity index is 1.93. The van der Waals surface area contributed by atoms with Crippen molar-refractivity contribution in [1.82, 2.24) is 14.8 Å². The van der Waals surface area contributed by atoms with Crippen molar-refractivity contribution in [2.24, 2.45) is 5.41 Å². The zero-order chi connectivity index (χ0) is 18.3. The van der Waals surface area contributed by atoms with E-state index in [0.29, 0.717) is 12.0 Å². The lowest BCUT2D eigenvalue weighted by molar-refractivity contribution is -0.137. The van der Waals surface area contributed by atoms with Gasteiger partial charge in [0, 0.05) is 0 Å². The van der Waals surface area contributed by atoms with Crippen molar-refractivity contribution in [3.63, 3.8) is 0 Å². The molecule has 1 aromatic carbocycles. The summed E-state index contributed by atoms with van der Waals surface area (Å²) in [5.74, 6) is 0. The lowest BCUT2D eigenvalue weighted by atomic mass is 9.76. The van der Waals surface area contributed by atoms with Gasteiger partial charge < -0.3 is 5.11 Å². The molecule has 3 rings (SSSR count). The quantitative estimate of drug-likeness (QED) is 0.911. The minimum absolute atomic E-state index is 0.256. The number of rotatable bonds is 3. The second kappa shape index (κ2) is 5.98. The van der Waals surface area contributed by atoms with Gasteiger partial charge in [0.1, 0.15) is 18.3 Å². The van der Waals surface area contributed by atoms with Gasteiger partial charge in [-0.15, -0.1) is 0 Å². The second-order valence-electron chi connectivity index (χ2n) is 7.13. The molecule has 1 fully saturated rings. The Morgan fingerprint density at radius 3 is 2.48 bits per heavy atom. The second-order valence-corrected chi connectivity index (χ2v) is 7.13. The predicted octanol–water partition coefficient (Wildman–Crippen LogP) is 3.93. The molecule has 0 spiro atoms. The van der Waals surface area contributed by atoms with Crippen molar-refractivity contribution in [3.05, 3.63) is 53.6 Å². The monoisotopic (exact) mass is 351 g/mol. The van der Waals surface area contributed by atoms with E-state index in [1.807, 2.05) is 13.8 Å². The number of hydrogen-bond donors (Lipinski definition) is 1. The Kier molecular flexibility index (Phi) is 4.23. The van der Waals surface area contributed by atoms with Gasteiger partial charge in [0.2, 0.25) is 0 Å². The SMILES string of the molecule is CC1(C)CCC(=Cc2ccc(C(F)(F)F)cc2)C1(O)Cn1cncn1. The van der Waals surface area contributed by atoms with E-state index in [9.17, 15) is 18.3 Å². The maximum absolute atomic E-state index is 12.7. The molecule has 1 atom stereocenters. The van der Waals surface area contributed by atoms with Crippen LogP contribution in [0.15, 0.2) is 42.5 Å². The highest BCUT2D eigenvalue weighted by Gasteiger charge is 2.51.